The quantitative estimate of drug-likeness (QED) is 0.829. The van der Waals surface area contributed by atoms with Gasteiger partial charge in [0.15, 0.2) is 0 Å². The van der Waals surface area contributed by atoms with Crippen molar-refractivity contribution in [2.75, 3.05) is 7.11 Å². The van der Waals surface area contributed by atoms with Gasteiger partial charge in [-0.15, -0.1) is 11.6 Å². The predicted molar refractivity (Wildman–Crippen MR) is 76.9 cm³/mol. The smallest absolute Gasteiger partial charge is 0.119 e. The van der Waals surface area contributed by atoms with E-state index in [0.717, 1.165) is 22.3 Å². The lowest BCUT2D eigenvalue weighted by Crippen LogP contribution is -2.45. The van der Waals surface area contributed by atoms with Crippen LogP contribution in [0.1, 0.15) is 26.3 Å². The second-order valence-electron chi connectivity index (χ2n) is 4.65. The summed E-state index contributed by atoms with van der Waals surface area (Å²) < 4.78 is 6.29. The molecule has 0 spiro atoms. The molecule has 0 bridgehead atoms. The predicted octanol–water partition coefficient (Wildman–Crippen LogP) is 3.95. The highest BCUT2D eigenvalue weighted by atomic mass is 79.9. The van der Waals surface area contributed by atoms with Gasteiger partial charge in [0, 0.05) is 21.9 Å². The number of hydrogen-bond acceptors (Lipinski definition) is 2. The molecule has 1 unspecified atom stereocenters. The molecule has 4 heteroatoms. The number of nitrogens with one attached hydrogen (secondary N) is 1. The molecule has 2 nitrogen and oxygen atoms in total. The van der Waals surface area contributed by atoms with Crippen molar-refractivity contribution >= 4 is 27.5 Å². The Kier molecular flexibility index (Phi) is 5.29. The van der Waals surface area contributed by atoms with E-state index in [1.54, 1.807) is 7.11 Å². The first kappa shape index (κ1) is 14.8. The van der Waals surface area contributed by atoms with Gasteiger partial charge in [0.2, 0.25) is 0 Å². The molecule has 0 aliphatic heterocycles. The number of methoxy groups -OCH3 is 1. The SMILES string of the molecule is COc1ccc(Br)c(CNC(C)(C)C(C)Cl)c1. The third-order valence-corrected chi connectivity index (χ3v) is 4.30. The van der Waals surface area contributed by atoms with Crippen LogP contribution in [-0.2, 0) is 6.54 Å². The van der Waals surface area contributed by atoms with E-state index in [-0.39, 0.29) is 10.9 Å². The average molecular weight is 321 g/mol. The van der Waals surface area contributed by atoms with Crippen LogP contribution in [0.3, 0.4) is 0 Å². The molecule has 0 aliphatic rings. The van der Waals surface area contributed by atoms with Crippen molar-refractivity contribution < 1.29 is 4.74 Å². The zero-order chi connectivity index (χ0) is 13.1. The lowest BCUT2D eigenvalue weighted by Gasteiger charge is -2.29. The van der Waals surface area contributed by atoms with E-state index < -0.39 is 0 Å². The van der Waals surface area contributed by atoms with E-state index in [1.807, 2.05) is 25.1 Å². The molecule has 0 aliphatic carbocycles. The van der Waals surface area contributed by atoms with Crippen molar-refractivity contribution in [3.63, 3.8) is 0 Å². The Morgan fingerprint density at radius 3 is 2.65 bits per heavy atom. The first-order valence-electron chi connectivity index (χ1n) is 5.58. The number of ether oxygens (including phenoxy) is 1. The molecule has 0 saturated carbocycles. The molecule has 0 radical (unpaired) electrons. The molecule has 96 valence electrons. The van der Waals surface area contributed by atoms with E-state index in [2.05, 4.69) is 35.1 Å². The Hall–Kier alpha value is -0.250. The van der Waals surface area contributed by atoms with Crippen molar-refractivity contribution in [2.24, 2.45) is 0 Å². The Bertz CT molecular complexity index is 380. The summed E-state index contributed by atoms with van der Waals surface area (Å²) in [6.07, 6.45) is 0. The molecule has 0 fully saturated rings. The molecule has 17 heavy (non-hydrogen) atoms. The number of halogens is 2. The summed E-state index contributed by atoms with van der Waals surface area (Å²) in [5, 5.41) is 3.51. The van der Waals surface area contributed by atoms with Crippen LogP contribution >= 0.6 is 27.5 Å². The Labute approximate surface area is 117 Å². The number of rotatable bonds is 5. The molecule has 1 atom stereocenters. The topological polar surface area (TPSA) is 21.3 Å². The van der Waals surface area contributed by atoms with Crippen LogP contribution in [0.5, 0.6) is 5.75 Å². The molecule has 0 aromatic heterocycles. The Morgan fingerprint density at radius 1 is 1.47 bits per heavy atom. The summed E-state index contributed by atoms with van der Waals surface area (Å²) in [4.78, 5) is 0. The maximum atomic E-state index is 6.14. The Morgan fingerprint density at radius 2 is 2.12 bits per heavy atom. The molecule has 1 aromatic carbocycles. The van der Waals surface area contributed by atoms with Crippen molar-refractivity contribution in [1.29, 1.82) is 0 Å². The minimum Gasteiger partial charge on any atom is -0.497 e. The van der Waals surface area contributed by atoms with Gasteiger partial charge in [0.05, 0.1) is 7.11 Å². The third-order valence-electron chi connectivity index (χ3n) is 2.98. The molecule has 0 amide bonds. The molecular formula is C13H19BrClNO. The van der Waals surface area contributed by atoms with Gasteiger partial charge in [-0.25, -0.2) is 0 Å². The summed E-state index contributed by atoms with van der Waals surface area (Å²) in [7, 11) is 1.67. The third kappa shape index (κ3) is 4.16. The first-order chi connectivity index (χ1) is 7.86. The standard InChI is InChI=1S/C13H19BrClNO/c1-9(15)13(2,3)16-8-10-7-11(17-4)5-6-12(10)14/h5-7,9,16H,8H2,1-4H3. The molecule has 1 rings (SSSR count). The zero-order valence-corrected chi connectivity index (χ0v) is 13.0. The molecular weight excluding hydrogens is 302 g/mol. The summed E-state index contributed by atoms with van der Waals surface area (Å²) in [5.74, 6) is 0.863. The summed E-state index contributed by atoms with van der Waals surface area (Å²) in [6.45, 7) is 6.94. The lowest BCUT2D eigenvalue weighted by atomic mass is 10.0. The second kappa shape index (κ2) is 6.07. The van der Waals surface area contributed by atoms with E-state index >= 15 is 0 Å². The van der Waals surface area contributed by atoms with E-state index in [4.69, 9.17) is 16.3 Å². The van der Waals surface area contributed by atoms with Crippen LogP contribution in [0.4, 0.5) is 0 Å². The van der Waals surface area contributed by atoms with Crippen LogP contribution in [0.25, 0.3) is 0 Å². The number of benzene rings is 1. The highest BCUT2D eigenvalue weighted by Gasteiger charge is 2.23. The van der Waals surface area contributed by atoms with Gasteiger partial charge < -0.3 is 10.1 Å². The maximum absolute atomic E-state index is 6.14. The Balaban J connectivity index is 2.75. The van der Waals surface area contributed by atoms with Gasteiger partial charge in [0.1, 0.15) is 5.75 Å². The normalized spacial score (nSPS) is 13.5. The van der Waals surface area contributed by atoms with Gasteiger partial charge in [0.25, 0.3) is 0 Å². The second-order valence-corrected chi connectivity index (χ2v) is 6.16. The number of alkyl halides is 1. The summed E-state index contributed by atoms with van der Waals surface area (Å²) in [6, 6.07) is 5.95. The fraction of sp³-hybridized carbons (Fsp3) is 0.538. The van der Waals surface area contributed by atoms with Crippen molar-refractivity contribution in [3.05, 3.63) is 28.2 Å². The van der Waals surface area contributed by atoms with E-state index in [9.17, 15) is 0 Å². The van der Waals surface area contributed by atoms with Crippen LogP contribution < -0.4 is 10.1 Å². The molecule has 0 saturated heterocycles. The van der Waals surface area contributed by atoms with Crippen LogP contribution in [-0.4, -0.2) is 18.0 Å². The van der Waals surface area contributed by atoms with Crippen molar-refractivity contribution in [2.45, 2.75) is 38.2 Å². The fourth-order valence-electron chi connectivity index (χ4n) is 1.28. The minimum atomic E-state index is -0.107. The maximum Gasteiger partial charge on any atom is 0.119 e. The molecule has 1 aromatic rings. The van der Waals surface area contributed by atoms with Gasteiger partial charge >= 0.3 is 0 Å². The van der Waals surface area contributed by atoms with Crippen LogP contribution in [0.15, 0.2) is 22.7 Å². The molecule has 0 heterocycles. The van der Waals surface area contributed by atoms with Crippen LogP contribution in [0.2, 0.25) is 0 Å². The van der Waals surface area contributed by atoms with Gasteiger partial charge in [-0.2, -0.15) is 0 Å². The van der Waals surface area contributed by atoms with E-state index in [0.29, 0.717) is 0 Å². The van der Waals surface area contributed by atoms with Gasteiger partial charge in [-0.3, -0.25) is 0 Å². The number of hydrogen-bond donors (Lipinski definition) is 1. The summed E-state index contributed by atoms with van der Waals surface area (Å²) in [5.41, 5.74) is 1.05. The first-order valence-corrected chi connectivity index (χ1v) is 6.81. The van der Waals surface area contributed by atoms with Crippen molar-refractivity contribution in [3.8, 4) is 5.75 Å². The molecule has 1 N–H and O–H groups in total. The van der Waals surface area contributed by atoms with E-state index in [1.165, 1.54) is 0 Å². The van der Waals surface area contributed by atoms with Gasteiger partial charge in [-0.05, 0) is 44.5 Å². The van der Waals surface area contributed by atoms with Crippen LogP contribution in [0, 0.1) is 0 Å². The fourth-order valence-corrected chi connectivity index (χ4v) is 1.74. The minimum absolute atomic E-state index is 0.0619. The largest absolute Gasteiger partial charge is 0.497 e. The highest BCUT2D eigenvalue weighted by molar-refractivity contribution is 9.10. The summed E-state index contributed by atoms with van der Waals surface area (Å²) >= 11 is 9.67. The highest BCUT2D eigenvalue weighted by Crippen LogP contribution is 2.23. The zero-order valence-electron chi connectivity index (χ0n) is 10.7. The average Bonchev–Trinajstić information content (AvgIpc) is 2.28. The van der Waals surface area contributed by atoms with Crippen molar-refractivity contribution in [1.82, 2.24) is 5.32 Å². The monoisotopic (exact) mass is 319 g/mol. The van der Waals surface area contributed by atoms with Gasteiger partial charge in [-0.1, -0.05) is 15.9 Å². The lowest BCUT2D eigenvalue weighted by molar-refractivity contribution is 0.378.